The minimum Gasteiger partial charge on any atom is -0.433 e. The number of fused-ring (bicyclic) bond motifs is 2. The molecule has 0 spiro atoms. The molecule has 0 saturated heterocycles. The van der Waals surface area contributed by atoms with Gasteiger partial charge in [0.15, 0.2) is 11.2 Å². The third kappa shape index (κ3) is 4.56. The van der Waals surface area contributed by atoms with Crippen LogP contribution in [-0.4, -0.2) is 19.9 Å². The van der Waals surface area contributed by atoms with Crippen LogP contribution in [0.2, 0.25) is 0 Å². The van der Waals surface area contributed by atoms with E-state index in [0.29, 0.717) is 33.3 Å². The summed E-state index contributed by atoms with van der Waals surface area (Å²) in [5, 5.41) is 0. The van der Waals surface area contributed by atoms with Crippen LogP contribution < -0.4 is 0 Å². The third-order valence-corrected chi connectivity index (χ3v) is 6.25. The number of nitrogens with zero attached hydrogens (tertiary/aromatic N) is 4. The van der Waals surface area contributed by atoms with Crippen molar-refractivity contribution in [1.29, 1.82) is 0 Å². The number of hydrogen-bond donors (Lipinski definition) is 0. The van der Waals surface area contributed by atoms with E-state index < -0.39 is 23.5 Å². The van der Waals surface area contributed by atoms with Crippen LogP contribution >= 0.6 is 0 Å². The van der Waals surface area contributed by atoms with Gasteiger partial charge in [0.1, 0.15) is 11.0 Å². The van der Waals surface area contributed by atoms with Crippen molar-refractivity contribution in [3.05, 3.63) is 84.2 Å². The summed E-state index contributed by atoms with van der Waals surface area (Å²) in [6.45, 7) is 0. The highest BCUT2D eigenvalue weighted by atomic mass is 19.4. The van der Waals surface area contributed by atoms with Gasteiger partial charge in [0.25, 0.3) is 11.8 Å². The zero-order valence-electron chi connectivity index (χ0n) is 20.6. The second-order valence-corrected chi connectivity index (χ2v) is 9.04. The highest BCUT2D eigenvalue weighted by molar-refractivity contribution is 5.90. The molecule has 42 heavy (non-hydrogen) atoms. The SMILES string of the molecule is FC(F)(F)c1ccc(-c2ncc(-c3nc4cc5oc(-c6cnc(-c7ccc(C(F)(F)F)cc7)o6)nc5cc4o3)o2)cc1. The Bertz CT molecular complexity index is 1870. The van der Waals surface area contributed by atoms with Gasteiger partial charge in [0.05, 0.1) is 23.5 Å². The Morgan fingerprint density at radius 2 is 0.857 bits per heavy atom. The van der Waals surface area contributed by atoms with E-state index in [4.69, 9.17) is 17.7 Å². The summed E-state index contributed by atoms with van der Waals surface area (Å²) < 4.78 is 99.9. The average molecular weight is 582 g/mol. The molecule has 0 fully saturated rings. The first-order valence-electron chi connectivity index (χ1n) is 12.0. The number of oxazole rings is 4. The molecule has 4 heterocycles. The molecule has 0 N–H and O–H groups in total. The molecular formula is C28H12F6N4O4. The Labute approximate surface area is 229 Å². The van der Waals surface area contributed by atoms with Gasteiger partial charge in [0, 0.05) is 23.3 Å². The van der Waals surface area contributed by atoms with Crippen LogP contribution in [0, 0.1) is 0 Å². The summed E-state index contributed by atoms with van der Waals surface area (Å²) in [6, 6.07) is 11.9. The predicted molar refractivity (Wildman–Crippen MR) is 133 cm³/mol. The summed E-state index contributed by atoms with van der Waals surface area (Å²) in [4.78, 5) is 17.0. The van der Waals surface area contributed by atoms with E-state index in [-0.39, 0.29) is 35.1 Å². The van der Waals surface area contributed by atoms with Gasteiger partial charge in [-0.25, -0.2) is 19.9 Å². The first kappa shape index (κ1) is 25.6. The van der Waals surface area contributed by atoms with Gasteiger partial charge >= 0.3 is 12.4 Å². The summed E-state index contributed by atoms with van der Waals surface area (Å²) >= 11 is 0. The van der Waals surface area contributed by atoms with E-state index in [9.17, 15) is 26.3 Å². The fraction of sp³-hybridized carbons (Fsp3) is 0.0714. The van der Waals surface area contributed by atoms with Crippen molar-refractivity contribution in [2.75, 3.05) is 0 Å². The van der Waals surface area contributed by atoms with Crippen molar-refractivity contribution in [2.24, 2.45) is 0 Å². The molecule has 0 atom stereocenters. The monoisotopic (exact) mass is 582 g/mol. The van der Waals surface area contributed by atoms with Crippen LogP contribution in [0.1, 0.15) is 11.1 Å². The van der Waals surface area contributed by atoms with E-state index in [1.807, 2.05) is 0 Å². The minimum atomic E-state index is -4.46. The molecule has 14 heteroatoms. The zero-order valence-corrected chi connectivity index (χ0v) is 20.6. The molecule has 0 unspecified atom stereocenters. The fourth-order valence-electron chi connectivity index (χ4n) is 4.18. The van der Waals surface area contributed by atoms with Crippen LogP contribution in [0.3, 0.4) is 0 Å². The molecule has 4 aromatic heterocycles. The number of rotatable bonds is 4. The Kier molecular flexibility index (Phi) is 5.51. The van der Waals surface area contributed by atoms with E-state index in [1.54, 1.807) is 12.1 Å². The molecule has 0 saturated carbocycles. The lowest BCUT2D eigenvalue weighted by Crippen LogP contribution is -2.03. The summed E-state index contributed by atoms with van der Waals surface area (Å²) in [5.74, 6) is 0.653. The minimum absolute atomic E-state index is 0.0833. The Balaban J connectivity index is 1.14. The molecule has 210 valence electrons. The van der Waals surface area contributed by atoms with Gasteiger partial charge in [0.2, 0.25) is 23.3 Å². The first-order chi connectivity index (χ1) is 20.0. The molecule has 7 aromatic rings. The van der Waals surface area contributed by atoms with Crippen LogP contribution in [0.25, 0.3) is 68.4 Å². The van der Waals surface area contributed by atoms with E-state index in [2.05, 4.69) is 19.9 Å². The van der Waals surface area contributed by atoms with Crippen LogP contribution in [0.5, 0.6) is 0 Å². The quantitative estimate of drug-likeness (QED) is 0.190. The second-order valence-electron chi connectivity index (χ2n) is 9.04. The number of aromatic nitrogens is 4. The summed E-state index contributed by atoms with van der Waals surface area (Å²) in [5.41, 5.74) is 0.580. The first-order valence-corrected chi connectivity index (χ1v) is 12.0. The normalized spacial score (nSPS) is 12.5. The largest absolute Gasteiger partial charge is 0.433 e. The molecular weight excluding hydrogens is 570 g/mol. The van der Waals surface area contributed by atoms with Crippen LogP contribution in [-0.2, 0) is 12.4 Å². The lowest BCUT2D eigenvalue weighted by molar-refractivity contribution is -0.138. The van der Waals surface area contributed by atoms with Crippen molar-refractivity contribution in [3.8, 4) is 46.2 Å². The van der Waals surface area contributed by atoms with Crippen molar-refractivity contribution < 1.29 is 44.0 Å². The Hall–Kier alpha value is -5.40. The number of halogens is 6. The van der Waals surface area contributed by atoms with Gasteiger partial charge in [-0.1, -0.05) is 0 Å². The molecule has 0 aliphatic rings. The Morgan fingerprint density at radius 3 is 1.21 bits per heavy atom. The number of hydrogen-bond acceptors (Lipinski definition) is 8. The van der Waals surface area contributed by atoms with Crippen molar-refractivity contribution in [1.82, 2.24) is 19.9 Å². The van der Waals surface area contributed by atoms with Gasteiger partial charge < -0.3 is 17.7 Å². The summed E-state index contributed by atoms with van der Waals surface area (Å²) in [7, 11) is 0. The van der Waals surface area contributed by atoms with Crippen LogP contribution in [0.15, 0.2) is 90.7 Å². The number of alkyl halides is 6. The molecule has 0 radical (unpaired) electrons. The molecule has 8 nitrogen and oxygen atoms in total. The third-order valence-electron chi connectivity index (χ3n) is 6.25. The molecule has 0 aliphatic carbocycles. The van der Waals surface area contributed by atoms with Crippen molar-refractivity contribution >= 4 is 22.2 Å². The molecule has 0 bridgehead atoms. The number of benzene rings is 3. The zero-order chi connectivity index (χ0) is 29.2. The average Bonchev–Trinajstić information content (AvgIpc) is 3.75. The maximum atomic E-state index is 12.8. The highest BCUT2D eigenvalue weighted by Crippen LogP contribution is 2.35. The second kappa shape index (κ2) is 9.06. The highest BCUT2D eigenvalue weighted by Gasteiger charge is 2.31. The standard InChI is InChI=1S/C28H12F6N4O4/c29-27(30,31)15-5-1-13(2-6-15)23-35-11-21(41-23)25-37-17-9-20-18(10-19(17)39-25)38-26(40-20)22-12-36-24(42-22)14-3-7-16(8-4-14)28(32,33)34/h1-12H. The van der Waals surface area contributed by atoms with Gasteiger partial charge in [-0.05, 0) is 48.5 Å². The molecule has 0 amide bonds. The van der Waals surface area contributed by atoms with Crippen molar-refractivity contribution in [2.45, 2.75) is 12.4 Å². The smallest absolute Gasteiger partial charge is 0.416 e. The van der Waals surface area contributed by atoms with Crippen molar-refractivity contribution in [3.63, 3.8) is 0 Å². The van der Waals surface area contributed by atoms with Crippen LogP contribution in [0.4, 0.5) is 26.3 Å². The van der Waals surface area contributed by atoms with E-state index in [1.165, 1.54) is 36.7 Å². The molecule has 0 aliphatic heterocycles. The fourth-order valence-corrected chi connectivity index (χ4v) is 4.18. The predicted octanol–water partition coefficient (Wildman–Crippen LogP) is 8.65. The Morgan fingerprint density at radius 1 is 0.476 bits per heavy atom. The van der Waals surface area contributed by atoms with Gasteiger partial charge in [-0.15, -0.1) is 0 Å². The maximum Gasteiger partial charge on any atom is 0.416 e. The molecule has 7 rings (SSSR count). The van der Waals surface area contributed by atoms with E-state index in [0.717, 1.165) is 24.3 Å². The van der Waals surface area contributed by atoms with Gasteiger partial charge in [-0.3, -0.25) is 0 Å². The van der Waals surface area contributed by atoms with Gasteiger partial charge in [-0.2, -0.15) is 26.3 Å². The molecule has 3 aromatic carbocycles. The van der Waals surface area contributed by atoms with E-state index >= 15 is 0 Å². The summed E-state index contributed by atoms with van der Waals surface area (Å²) in [6.07, 6.45) is -6.23. The topological polar surface area (TPSA) is 104 Å². The maximum absolute atomic E-state index is 12.8. The lowest BCUT2D eigenvalue weighted by atomic mass is 10.1. The lowest BCUT2D eigenvalue weighted by Gasteiger charge is -2.06.